The van der Waals surface area contributed by atoms with Crippen molar-refractivity contribution in [2.24, 2.45) is 0 Å². The van der Waals surface area contributed by atoms with E-state index in [-0.39, 0.29) is 12.5 Å². The van der Waals surface area contributed by atoms with Crippen LogP contribution < -0.4 is 0 Å². The first-order chi connectivity index (χ1) is 10.3. The van der Waals surface area contributed by atoms with Crippen molar-refractivity contribution in [1.29, 1.82) is 0 Å². The average molecular weight is 290 g/mol. The molecule has 2 rings (SSSR count). The molecule has 0 atom stereocenters. The van der Waals surface area contributed by atoms with Crippen molar-refractivity contribution >= 4 is 5.91 Å². The molecule has 4 heteroatoms. The van der Waals surface area contributed by atoms with Gasteiger partial charge in [-0.05, 0) is 31.4 Å². The van der Waals surface area contributed by atoms with Crippen molar-refractivity contribution in [3.8, 4) is 0 Å². The molecule has 1 aromatic rings. The number of aryl methyl sites for hydroxylation is 1. The van der Waals surface area contributed by atoms with Gasteiger partial charge in [0.25, 0.3) is 0 Å². The molecule has 0 radical (unpaired) electrons. The number of hydrogen-bond acceptors (Lipinski definition) is 3. The van der Waals surface area contributed by atoms with Gasteiger partial charge in [0, 0.05) is 39.2 Å². The molecule has 21 heavy (non-hydrogen) atoms. The predicted molar refractivity (Wildman–Crippen MR) is 84.1 cm³/mol. The smallest absolute Gasteiger partial charge is 0.222 e. The zero-order chi connectivity index (χ0) is 14.9. The number of aliphatic hydroxyl groups is 1. The molecule has 1 amide bonds. The minimum absolute atomic E-state index is 0.246. The fraction of sp³-hybridized carbons (Fsp3) is 0.588. The van der Waals surface area contributed by atoms with E-state index in [0.717, 1.165) is 52.0 Å². The lowest BCUT2D eigenvalue weighted by Crippen LogP contribution is -2.35. The lowest BCUT2D eigenvalue weighted by atomic mass is 10.1. The number of nitrogens with zero attached hydrogens (tertiary/aromatic N) is 2. The molecule has 1 aromatic carbocycles. The van der Waals surface area contributed by atoms with Crippen LogP contribution in [-0.2, 0) is 11.2 Å². The number of carbonyl (C=O) groups is 1. The van der Waals surface area contributed by atoms with Gasteiger partial charge in [0.05, 0.1) is 0 Å². The molecule has 1 aliphatic heterocycles. The monoisotopic (exact) mass is 290 g/mol. The second kappa shape index (κ2) is 8.80. The number of rotatable bonds is 6. The Morgan fingerprint density at radius 1 is 1.10 bits per heavy atom. The van der Waals surface area contributed by atoms with Crippen LogP contribution in [-0.4, -0.2) is 60.1 Å². The molecule has 116 valence electrons. The van der Waals surface area contributed by atoms with Gasteiger partial charge in [-0.1, -0.05) is 30.3 Å². The van der Waals surface area contributed by atoms with Gasteiger partial charge in [-0.25, -0.2) is 0 Å². The molecule has 0 spiro atoms. The first-order valence-electron chi connectivity index (χ1n) is 7.94. The summed E-state index contributed by atoms with van der Waals surface area (Å²) in [5.41, 5.74) is 1.23. The third-order valence-corrected chi connectivity index (χ3v) is 4.04. The fourth-order valence-electron chi connectivity index (χ4n) is 2.79. The van der Waals surface area contributed by atoms with Crippen molar-refractivity contribution in [3.63, 3.8) is 0 Å². The molecular formula is C17H26N2O2. The van der Waals surface area contributed by atoms with E-state index in [2.05, 4.69) is 17.0 Å². The molecule has 0 unspecified atom stereocenters. The van der Waals surface area contributed by atoms with Crippen molar-refractivity contribution in [2.45, 2.75) is 25.7 Å². The van der Waals surface area contributed by atoms with E-state index in [0.29, 0.717) is 6.42 Å². The van der Waals surface area contributed by atoms with E-state index < -0.39 is 0 Å². The molecule has 0 aromatic heterocycles. The van der Waals surface area contributed by atoms with Crippen LogP contribution in [0.4, 0.5) is 0 Å². The standard InChI is InChI=1S/C17H26N2O2/c20-15-5-11-18-10-4-12-19(14-13-18)17(21)9-8-16-6-2-1-3-7-16/h1-3,6-7,20H,4-5,8-15H2. The van der Waals surface area contributed by atoms with E-state index in [1.165, 1.54) is 5.56 Å². The summed E-state index contributed by atoms with van der Waals surface area (Å²) in [7, 11) is 0. The normalized spacial score (nSPS) is 16.7. The molecular weight excluding hydrogens is 264 g/mol. The SMILES string of the molecule is O=C(CCc1ccccc1)N1CCCN(CCCO)CC1. The lowest BCUT2D eigenvalue weighted by Gasteiger charge is -2.22. The summed E-state index contributed by atoms with van der Waals surface area (Å²) in [5.74, 6) is 0.267. The third kappa shape index (κ3) is 5.48. The van der Waals surface area contributed by atoms with Crippen LogP contribution >= 0.6 is 0 Å². The van der Waals surface area contributed by atoms with Gasteiger partial charge in [0.1, 0.15) is 0 Å². The van der Waals surface area contributed by atoms with E-state index in [9.17, 15) is 4.79 Å². The Balaban J connectivity index is 1.75. The highest BCUT2D eigenvalue weighted by atomic mass is 16.3. The fourth-order valence-corrected chi connectivity index (χ4v) is 2.79. The van der Waals surface area contributed by atoms with Crippen molar-refractivity contribution in [3.05, 3.63) is 35.9 Å². The second-order valence-corrected chi connectivity index (χ2v) is 5.64. The highest BCUT2D eigenvalue weighted by molar-refractivity contribution is 5.76. The predicted octanol–water partition coefficient (Wildman–Crippen LogP) is 1.54. The quantitative estimate of drug-likeness (QED) is 0.864. The Morgan fingerprint density at radius 3 is 2.67 bits per heavy atom. The van der Waals surface area contributed by atoms with Crippen LogP contribution in [0.2, 0.25) is 0 Å². The molecule has 1 saturated heterocycles. The van der Waals surface area contributed by atoms with Gasteiger partial charge in [0.15, 0.2) is 0 Å². The highest BCUT2D eigenvalue weighted by Gasteiger charge is 2.18. The Labute approximate surface area is 127 Å². The molecule has 0 saturated carbocycles. The molecule has 0 aliphatic carbocycles. The Hall–Kier alpha value is -1.39. The van der Waals surface area contributed by atoms with Gasteiger partial charge in [-0.3, -0.25) is 4.79 Å². The maximum atomic E-state index is 12.3. The summed E-state index contributed by atoms with van der Waals surface area (Å²) in [6.07, 6.45) is 3.27. The van der Waals surface area contributed by atoms with Crippen LogP contribution in [0.15, 0.2) is 30.3 Å². The van der Waals surface area contributed by atoms with Crippen LogP contribution in [0.25, 0.3) is 0 Å². The van der Waals surface area contributed by atoms with Crippen LogP contribution in [0.1, 0.15) is 24.8 Å². The minimum atomic E-state index is 0.246. The van der Waals surface area contributed by atoms with E-state index >= 15 is 0 Å². The first kappa shape index (κ1) is 16.0. The van der Waals surface area contributed by atoms with Gasteiger partial charge in [-0.2, -0.15) is 0 Å². The summed E-state index contributed by atoms with van der Waals surface area (Å²) in [6, 6.07) is 10.2. The zero-order valence-electron chi connectivity index (χ0n) is 12.7. The van der Waals surface area contributed by atoms with Crippen molar-refractivity contribution < 1.29 is 9.90 Å². The van der Waals surface area contributed by atoms with Gasteiger partial charge in [0.2, 0.25) is 5.91 Å². The van der Waals surface area contributed by atoms with Gasteiger partial charge in [-0.15, -0.1) is 0 Å². The molecule has 1 heterocycles. The number of carbonyl (C=O) groups excluding carboxylic acids is 1. The summed E-state index contributed by atoms with van der Waals surface area (Å²) >= 11 is 0. The van der Waals surface area contributed by atoms with Crippen molar-refractivity contribution in [2.75, 3.05) is 39.3 Å². The lowest BCUT2D eigenvalue weighted by molar-refractivity contribution is -0.131. The summed E-state index contributed by atoms with van der Waals surface area (Å²) in [5, 5.41) is 8.89. The number of aliphatic hydroxyl groups excluding tert-OH is 1. The van der Waals surface area contributed by atoms with Crippen LogP contribution in [0.5, 0.6) is 0 Å². The summed E-state index contributed by atoms with van der Waals surface area (Å²) in [6.45, 7) is 4.82. The average Bonchev–Trinajstić information content (AvgIpc) is 2.77. The summed E-state index contributed by atoms with van der Waals surface area (Å²) in [4.78, 5) is 16.7. The highest BCUT2D eigenvalue weighted by Crippen LogP contribution is 2.08. The number of hydrogen-bond donors (Lipinski definition) is 1. The Kier molecular flexibility index (Phi) is 6.70. The van der Waals surface area contributed by atoms with Gasteiger partial charge < -0.3 is 14.9 Å². The number of amides is 1. The second-order valence-electron chi connectivity index (χ2n) is 5.64. The largest absolute Gasteiger partial charge is 0.396 e. The molecule has 1 fully saturated rings. The molecule has 1 N–H and O–H groups in total. The van der Waals surface area contributed by atoms with Crippen LogP contribution in [0.3, 0.4) is 0 Å². The van der Waals surface area contributed by atoms with Crippen molar-refractivity contribution in [1.82, 2.24) is 9.80 Å². The van der Waals surface area contributed by atoms with E-state index in [1.54, 1.807) is 0 Å². The topological polar surface area (TPSA) is 43.8 Å². The maximum absolute atomic E-state index is 12.3. The van der Waals surface area contributed by atoms with E-state index in [1.807, 2.05) is 23.1 Å². The zero-order valence-corrected chi connectivity index (χ0v) is 12.7. The first-order valence-corrected chi connectivity index (χ1v) is 7.94. The van der Waals surface area contributed by atoms with Crippen LogP contribution in [0, 0.1) is 0 Å². The molecule has 1 aliphatic rings. The third-order valence-electron chi connectivity index (χ3n) is 4.04. The molecule has 0 bridgehead atoms. The maximum Gasteiger partial charge on any atom is 0.222 e. The Bertz CT molecular complexity index is 422. The number of benzene rings is 1. The Morgan fingerprint density at radius 2 is 1.90 bits per heavy atom. The van der Waals surface area contributed by atoms with Gasteiger partial charge >= 0.3 is 0 Å². The van der Waals surface area contributed by atoms with E-state index in [4.69, 9.17) is 5.11 Å². The minimum Gasteiger partial charge on any atom is -0.396 e. The summed E-state index contributed by atoms with van der Waals surface area (Å²) < 4.78 is 0. The molecule has 4 nitrogen and oxygen atoms in total.